The molecule has 1 aromatic rings. The summed E-state index contributed by atoms with van der Waals surface area (Å²) >= 11 is 5.85. The number of amides is 3. The monoisotopic (exact) mass is 313 g/mol. The number of urea groups is 1. The molecule has 0 aromatic heterocycles. The van der Waals surface area contributed by atoms with E-state index < -0.39 is 24.5 Å². The van der Waals surface area contributed by atoms with Crippen molar-refractivity contribution in [3.63, 3.8) is 0 Å². The maximum absolute atomic E-state index is 12.4. The fourth-order valence-corrected chi connectivity index (χ4v) is 1.91. The molecule has 1 aromatic carbocycles. The van der Waals surface area contributed by atoms with Crippen molar-refractivity contribution in [1.82, 2.24) is 4.90 Å². The highest BCUT2D eigenvalue weighted by molar-refractivity contribution is 6.30. The summed E-state index contributed by atoms with van der Waals surface area (Å²) in [7, 11) is 0. The molecule has 3 amide bonds. The first kappa shape index (κ1) is 16.8. The number of hydrogen-bond acceptors (Lipinski definition) is 3. The number of aliphatic carboxylic acids is 1. The Balaban J connectivity index is 3.09. The van der Waals surface area contributed by atoms with Crippen LogP contribution in [-0.4, -0.2) is 47.5 Å². The number of rotatable bonds is 6. The van der Waals surface area contributed by atoms with Gasteiger partial charge >= 0.3 is 12.0 Å². The Hall–Kier alpha value is -2.28. The Morgan fingerprint density at radius 3 is 2.43 bits per heavy atom. The van der Waals surface area contributed by atoms with E-state index in [0.29, 0.717) is 10.7 Å². The molecule has 7 nitrogen and oxygen atoms in total. The van der Waals surface area contributed by atoms with Crippen molar-refractivity contribution in [3.05, 3.63) is 29.3 Å². The summed E-state index contributed by atoms with van der Waals surface area (Å²) in [4.78, 5) is 36.5. The van der Waals surface area contributed by atoms with Crippen LogP contribution < -0.4 is 10.6 Å². The maximum Gasteiger partial charge on any atom is 0.325 e. The van der Waals surface area contributed by atoms with Crippen LogP contribution in [0.5, 0.6) is 0 Å². The van der Waals surface area contributed by atoms with Gasteiger partial charge in [0.25, 0.3) is 0 Å². The number of benzene rings is 1. The smallest absolute Gasteiger partial charge is 0.325 e. The zero-order valence-electron chi connectivity index (χ0n) is 11.5. The van der Waals surface area contributed by atoms with Gasteiger partial charge in [0.2, 0.25) is 5.91 Å². The molecule has 114 valence electrons. The molecule has 21 heavy (non-hydrogen) atoms. The van der Waals surface area contributed by atoms with E-state index in [0.717, 1.165) is 9.80 Å². The molecule has 3 N–H and O–H groups in total. The van der Waals surface area contributed by atoms with E-state index in [1.165, 1.54) is 6.07 Å². The largest absolute Gasteiger partial charge is 0.480 e. The molecule has 0 aliphatic heterocycles. The third-order valence-corrected chi connectivity index (χ3v) is 2.88. The SMILES string of the molecule is CCN(CC(N)=O)C(=O)N(CC(=O)O)c1cccc(Cl)c1. The van der Waals surface area contributed by atoms with Gasteiger partial charge in [-0.15, -0.1) is 0 Å². The minimum absolute atomic E-state index is 0.221. The van der Waals surface area contributed by atoms with Crippen molar-refractivity contribution in [2.24, 2.45) is 5.73 Å². The van der Waals surface area contributed by atoms with Crippen molar-refractivity contribution in [2.45, 2.75) is 6.92 Å². The molecule has 0 aliphatic rings. The molecule has 0 radical (unpaired) electrons. The van der Waals surface area contributed by atoms with Gasteiger partial charge in [0.05, 0.1) is 0 Å². The molecule has 0 aliphatic carbocycles. The Labute approximate surface area is 126 Å². The van der Waals surface area contributed by atoms with E-state index in [-0.39, 0.29) is 13.1 Å². The molecule has 0 fully saturated rings. The first-order valence-corrected chi connectivity index (χ1v) is 6.55. The summed E-state index contributed by atoms with van der Waals surface area (Å²) in [5, 5.41) is 9.33. The molecule has 0 heterocycles. The lowest BCUT2D eigenvalue weighted by Gasteiger charge is -2.28. The summed E-state index contributed by atoms with van der Waals surface area (Å²) in [6, 6.07) is 5.62. The van der Waals surface area contributed by atoms with Gasteiger partial charge in [0, 0.05) is 17.3 Å². The number of anilines is 1. The summed E-state index contributed by atoms with van der Waals surface area (Å²) in [5.74, 6) is -1.86. The Morgan fingerprint density at radius 2 is 1.95 bits per heavy atom. The summed E-state index contributed by atoms with van der Waals surface area (Å²) < 4.78 is 0. The number of primary amides is 1. The first-order valence-electron chi connectivity index (χ1n) is 6.17. The molecule has 0 saturated carbocycles. The van der Waals surface area contributed by atoms with E-state index in [2.05, 4.69) is 0 Å². The predicted molar refractivity (Wildman–Crippen MR) is 78.3 cm³/mol. The molecule has 0 saturated heterocycles. The van der Waals surface area contributed by atoms with Crippen molar-refractivity contribution in [3.8, 4) is 0 Å². The Kier molecular flexibility index (Phi) is 5.98. The summed E-state index contributed by atoms with van der Waals surface area (Å²) in [6.07, 6.45) is 0. The summed E-state index contributed by atoms with van der Waals surface area (Å²) in [5.41, 5.74) is 5.41. The second-order valence-corrected chi connectivity index (χ2v) is 4.66. The molecule has 0 unspecified atom stereocenters. The predicted octanol–water partition coefficient (Wildman–Crippen LogP) is 1.16. The number of carboxylic acids is 1. The fourth-order valence-electron chi connectivity index (χ4n) is 1.72. The second-order valence-electron chi connectivity index (χ2n) is 4.22. The third kappa shape index (κ3) is 4.96. The van der Waals surface area contributed by atoms with E-state index in [4.69, 9.17) is 22.4 Å². The number of carboxylic acid groups (broad SMARTS) is 1. The van der Waals surface area contributed by atoms with Crippen LogP contribution in [0.2, 0.25) is 5.02 Å². The highest BCUT2D eigenvalue weighted by atomic mass is 35.5. The Bertz CT molecular complexity index is 550. The number of nitrogens with two attached hydrogens (primary N) is 1. The van der Waals surface area contributed by atoms with E-state index >= 15 is 0 Å². The minimum Gasteiger partial charge on any atom is -0.480 e. The molecule has 8 heteroatoms. The van der Waals surface area contributed by atoms with Crippen LogP contribution in [-0.2, 0) is 9.59 Å². The van der Waals surface area contributed by atoms with Crippen molar-refractivity contribution >= 4 is 35.2 Å². The molecule has 0 bridgehead atoms. The molecular formula is C13H16ClN3O4. The third-order valence-electron chi connectivity index (χ3n) is 2.64. The average molecular weight is 314 g/mol. The van der Waals surface area contributed by atoms with Crippen molar-refractivity contribution in [1.29, 1.82) is 0 Å². The number of carbonyl (C=O) groups is 3. The highest BCUT2D eigenvalue weighted by Crippen LogP contribution is 2.20. The number of carbonyl (C=O) groups excluding carboxylic acids is 2. The molecule has 0 atom stereocenters. The van der Waals surface area contributed by atoms with Crippen LogP contribution in [0.25, 0.3) is 0 Å². The maximum atomic E-state index is 12.4. The van der Waals surface area contributed by atoms with Gasteiger partial charge in [-0.3, -0.25) is 14.5 Å². The lowest BCUT2D eigenvalue weighted by atomic mass is 10.3. The quantitative estimate of drug-likeness (QED) is 0.822. The normalized spacial score (nSPS) is 10.0. The van der Waals surface area contributed by atoms with Crippen LogP contribution in [0.1, 0.15) is 6.92 Å². The van der Waals surface area contributed by atoms with Gasteiger partial charge in [-0.25, -0.2) is 4.79 Å². The Morgan fingerprint density at radius 1 is 1.29 bits per heavy atom. The van der Waals surface area contributed by atoms with Gasteiger partial charge in [0.15, 0.2) is 0 Å². The molecular weight excluding hydrogens is 298 g/mol. The van der Waals surface area contributed by atoms with Gasteiger partial charge < -0.3 is 15.7 Å². The number of halogens is 1. The van der Waals surface area contributed by atoms with Gasteiger partial charge in [-0.05, 0) is 25.1 Å². The zero-order valence-corrected chi connectivity index (χ0v) is 12.2. The molecule has 1 rings (SSSR count). The van der Waals surface area contributed by atoms with Crippen LogP contribution >= 0.6 is 11.6 Å². The second kappa shape index (κ2) is 7.49. The van der Waals surface area contributed by atoms with E-state index in [9.17, 15) is 14.4 Å². The van der Waals surface area contributed by atoms with Crippen LogP contribution in [0, 0.1) is 0 Å². The van der Waals surface area contributed by atoms with Crippen LogP contribution in [0.15, 0.2) is 24.3 Å². The number of nitrogens with zero attached hydrogens (tertiary/aromatic N) is 2. The van der Waals surface area contributed by atoms with Crippen molar-refractivity contribution < 1.29 is 19.5 Å². The minimum atomic E-state index is -1.18. The molecule has 0 spiro atoms. The lowest BCUT2D eigenvalue weighted by Crippen LogP contribution is -2.48. The van der Waals surface area contributed by atoms with E-state index in [1.54, 1.807) is 25.1 Å². The van der Waals surface area contributed by atoms with E-state index in [1.807, 2.05) is 0 Å². The van der Waals surface area contributed by atoms with Gasteiger partial charge in [-0.1, -0.05) is 17.7 Å². The van der Waals surface area contributed by atoms with Crippen LogP contribution in [0.3, 0.4) is 0 Å². The lowest BCUT2D eigenvalue weighted by molar-refractivity contribution is -0.135. The summed E-state index contributed by atoms with van der Waals surface area (Å²) in [6.45, 7) is 1.05. The average Bonchev–Trinajstić information content (AvgIpc) is 2.41. The topological polar surface area (TPSA) is 104 Å². The number of likely N-dealkylation sites (N-methyl/N-ethyl adjacent to an activating group) is 1. The van der Waals surface area contributed by atoms with Crippen molar-refractivity contribution in [2.75, 3.05) is 24.5 Å². The standard InChI is InChI=1S/C13H16ClN3O4/c1-2-16(7-11(15)18)13(21)17(8-12(19)20)10-5-3-4-9(14)6-10/h3-6H,2,7-8H2,1H3,(H2,15,18)(H,19,20). The first-order chi connectivity index (χ1) is 9.85. The fraction of sp³-hybridized carbons (Fsp3) is 0.308. The highest BCUT2D eigenvalue weighted by Gasteiger charge is 2.24. The number of hydrogen-bond donors (Lipinski definition) is 2. The zero-order chi connectivity index (χ0) is 16.0. The van der Waals surface area contributed by atoms with Crippen LogP contribution in [0.4, 0.5) is 10.5 Å². The van der Waals surface area contributed by atoms with Gasteiger partial charge in [0.1, 0.15) is 13.1 Å². The van der Waals surface area contributed by atoms with Gasteiger partial charge in [-0.2, -0.15) is 0 Å².